The molecule has 0 saturated carbocycles. The minimum atomic E-state index is -1.01. The minimum absolute atomic E-state index is 0.0790. The van der Waals surface area contributed by atoms with Gasteiger partial charge in [0.2, 0.25) is 0 Å². The Hall–Kier alpha value is -3.00. The van der Waals surface area contributed by atoms with Crippen molar-refractivity contribution in [2.24, 2.45) is 0 Å². The van der Waals surface area contributed by atoms with Crippen LogP contribution in [0.5, 0.6) is 0 Å². The van der Waals surface area contributed by atoms with Crippen LogP contribution in [-0.2, 0) is 0 Å². The van der Waals surface area contributed by atoms with Gasteiger partial charge < -0.3 is 15.6 Å². The van der Waals surface area contributed by atoms with E-state index in [0.717, 1.165) is 6.20 Å². The molecule has 1 atom stereocenters. The summed E-state index contributed by atoms with van der Waals surface area (Å²) in [7, 11) is 0. The zero-order valence-electron chi connectivity index (χ0n) is 11.4. The highest BCUT2D eigenvalue weighted by atomic mass is 16.6. The van der Waals surface area contributed by atoms with E-state index in [2.05, 4.69) is 5.32 Å². The zero-order valence-corrected chi connectivity index (χ0v) is 11.4. The van der Waals surface area contributed by atoms with Gasteiger partial charge in [0, 0.05) is 24.7 Å². The van der Waals surface area contributed by atoms with E-state index >= 15 is 0 Å². The standard InChI is InChI=1S/C14H13N3O5/c18-13(10-3-5-12(6-4-10)17(21)22)8-15-14(19)11-2-1-7-16(20)9-11/h1-7,9,13,18H,8H2,(H,15,19)/t13-/m0/s1. The van der Waals surface area contributed by atoms with Crippen molar-refractivity contribution < 1.29 is 19.6 Å². The highest BCUT2D eigenvalue weighted by molar-refractivity contribution is 5.93. The third-order valence-electron chi connectivity index (χ3n) is 2.98. The second-order valence-corrected chi connectivity index (χ2v) is 4.53. The van der Waals surface area contributed by atoms with E-state index in [1.54, 1.807) is 0 Å². The molecule has 0 unspecified atom stereocenters. The molecule has 0 saturated heterocycles. The summed E-state index contributed by atoms with van der Waals surface area (Å²) in [4.78, 5) is 21.8. The number of nitrogens with zero attached hydrogens (tertiary/aromatic N) is 2. The number of benzene rings is 1. The van der Waals surface area contributed by atoms with Crippen molar-refractivity contribution in [1.82, 2.24) is 5.32 Å². The Morgan fingerprint density at radius 2 is 2.00 bits per heavy atom. The molecule has 0 aliphatic rings. The van der Waals surface area contributed by atoms with Crippen LogP contribution in [0.1, 0.15) is 22.0 Å². The number of nitro benzene ring substituents is 1. The Balaban J connectivity index is 1.96. The van der Waals surface area contributed by atoms with Gasteiger partial charge in [-0.15, -0.1) is 0 Å². The molecule has 0 aliphatic carbocycles. The molecule has 0 fully saturated rings. The second-order valence-electron chi connectivity index (χ2n) is 4.53. The molecule has 0 aliphatic heterocycles. The fourth-order valence-electron chi connectivity index (χ4n) is 1.82. The molecule has 2 rings (SSSR count). The van der Waals surface area contributed by atoms with Gasteiger partial charge in [-0.2, -0.15) is 4.73 Å². The summed E-state index contributed by atoms with van der Waals surface area (Å²) >= 11 is 0. The summed E-state index contributed by atoms with van der Waals surface area (Å²) in [5, 5.41) is 34.0. The Bertz CT molecular complexity index is 687. The molecule has 1 aromatic carbocycles. The van der Waals surface area contributed by atoms with Gasteiger partial charge in [-0.3, -0.25) is 14.9 Å². The summed E-state index contributed by atoms with van der Waals surface area (Å²) in [6.45, 7) is -0.0790. The molecule has 1 aromatic heterocycles. The zero-order chi connectivity index (χ0) is 16.1. The first-order valence-electron chi connectivity index (χ1n) is 6.37. The number of hydrogen-bond acceptors (Lipinski definition) is 5. The van der Waals surface area contributed by atoms with E-state index in [-0.39, 0.29) is 17.8 Å². The summed E-state index contributed by atoms with van der Waals surface area (Å²) < 4.78 is 0.502. The third kappa shape index (κ3) is 3.76. The molecular weight excluding hydrogens is 290 g/mol. The maximum atomic E-state index is 11.8. The van der Waals surface area contributed by atoms with Gasteiger partial charge in [-0.05, 0) is 23.8 Å². The van der Waals surface area contributed by atoms with E-state index < -0.39 is 16.9 Å². The van der Waals surface area contributed by atoms with E-state index in [4.69, 9.17) is 0 Å². The average molecular weight is 303 g/mol. The number of hydrogen-bond donors (Lipinski definition) is 2. The maximum absolute atomic E-state index is 11.8. The largest absolute Gasteiger partial charge is 0.619 e. The lowest BCUT2D eigenvalue weighted by atomic mass is 10.1. The first-order chi connectivity index (χ1) is 10.5. The number of non-ortho nitro benzene ring substituents is 1. The number of rotatable bonds is 5. The van der Waals surface area contributed by atoms with Crippen molar-refractivity contribution >= 4 is 11.6 Å². The van der Waals surface area contributed by atoms with Crippen molar-refractivity contribution in [3.8, 4) is 0 Å². The van der Waals surface area contributed by atoms with Crippen molar-refractivity contribution in [2.75, 3.05) is 6.54 Å². The Morgan fingerprint density at radius 1 is 1.32 bits per heavy atom. The predicted octanol–water partition coefficient (Wildman–Crippen LogP) is 0.692. The topological polar surface area (TPSA) is 119 Å². The third-order valence-corrected chi connectivity index (χ3v) is 2.98. The lowest BCUT2D eigenvalue weighted by molar-refractivity contribution is -0.605. The molecule has 2 N–H and O–H groups in total. The maximum Gasteiger partial charge on any atom is 0.269 e. The fourth-order valence-corrected chi connectivity index (χ4v) is 1.82. The van der Waals surface area contributed by atoms with E-state index in [0.29, 0.717) is 10.3 Å². The molecule has 0 radical (unpaired) electrons. The lowest BCUT2D eigenvalue weighted by Crippen LogP contribution is -2.32. The number of amides is 1. The minimum Gasteiger partial charge on any atom is -0.619 e. The van der Waals surface area contributed by atoms with Gasteiger partial charge in [0.25, 0.3) is 11.6 Å². The van der Waals surface area contributed by atoms with Gasteiger partial charge in [0.15, 0.2) is 12.4 Å². The molecule has 1 heterocycles. The Morgan fingerprint density at radius 3 is 2.59 bits per heavy atom. The number of carbonyl (C=O) groups is 1. The molecule has 2 aromatic rings. The van der Waals surface area contributed by atoms with Gasteiger partial charge in [0.1, 0.15) is 5.56 Å². The van der Waals surface area contributed by atoms with Crippen LogP contribution in [-0.4, -0.2) is 22.5 Å². The molecule has 0 spiro atoms. The predicted molar refractivity (Wildman–Crippen MR) is 75.8 cm³/mol. The van der Waals surface area contributed by atoms with Crippen LogP contribution in [0.3, 0.4) is 0 Å². The number of aromatic nitrogens is 1. The Labute approximate surface area is 125 Å². The molecule has 8 nitrogen and oxygen atoms in total. The molecule has 0 bridgehead atoms. The normalized spacial score (nSPS) is 11.7. The number of nitrogens with one attached hydrogen (secondary N) is 1. The SMILES string of the molecule is O=C(NC[C@H](O)c1ccc([N+](=O)[O-])cc1)c1ccc[n+]([O-])c1. The summed E-state index contributed by atoms with van der Waals surface area (Å²) in [6.07, 6.45) is 1.36. The summed E-state index contributed by atoms with van der Waals surface area (Å²) in [5.41, 5.74) is 0.538. The smallest absolute Gasteiger partial charge is 0.269 e. The van der Waals surface area contributed by atoms with Crippen LogP contribution in [0.2, 0.25) is 0 Å². The summed E-state index contributed by atoms with van der Waals surface area (Å²) in [6, 6.07) is 8.30. The second kappa shape index (κ2) is 6.64. The lowest BCUT2D eigenvalue weighted by Gasteiger charge is -2.12. The van der Waals surface area contributed by atoms with Crippen molar-refractivity contribution in [2.45, 2.75) is 6.10 Å². The van der Waals surface area contributed by atoms with Crippen LogP contribution in [0.15, 0.2) is 48.8 Å². The van der Waals surface area contributed by atoms with Gasteiger partial charge in [0.05, 0.1) is 11.0 Å². The quantitative estimate of drug-likeness (QED) is 0.364. The molecule has 8 heteroatoms. The molecule has 114 valence electrons. The van der Waals surface area contributed by atoms with Gasteiger partial charge in [-0.1, -0.05) is 0 Å². The van der Waals surface area contributed by atoms with E-state index in [1.165, 1.54) is 42.6 Å². The van der Waals surface area contributed by atoms with E-state index in [9.17, 15) is 25.2 Å². The van der Waals surface area contributed by atoms with Gasteiger partial charge >= 0.3 is 0 Å². The van der Waals surface area contributed by atoms with Crippen LogP contribution in [0.4, 0.5) is 5.69 Å². The molecule has 1 amide bonds. The molecular formula is C14H13N3O5. The van der Waals surface area contributed by atoms with Crippen molar-refractivity contribution in [3.63, 3.8) is 0 Å². The van der Waals surface area contributed by atoms with Crippen LogP contribution in [0, 0.1) is 15.3 Å². The van der Waals surface area contributed by atoms with Crippen LogP contribution >= 0.6 is 0 Å². The van der Waals surface area contributed by atoms with Gasteiger partial charge in [-0.25, -0.2) is 0 Å². The van der Waals surface area contributed by atoms with Crippen molar-refractivity contribution in [1.29, 1.82) is 0 Å². The first kappa shape index (κ1) is 15.4. The molecule has 22 heavy (non-hydrogen) atoms. The monoisotopic (exact) mass is 303 g/mol. The number of carbonyl (C=O) groups excluding carboxylic acids is 1. The number of pyridine rings is 1. The average Bonchev–Trinajstić information content (AvgIpc) is 2.52. The number of nitro groups is 1. The van der Waals surface area contributed by atoms with Crippen molar-refractivity contribution in [3.05, 3.63) is 75.2 Å². The highest BCUT2D eigenvalue weighted by Gasteiger charge is 2.13. The number of aliphatic hydroxyl groups excluding tert-OH is 1. The highest BCUT2D eigenvalue weighted by Crippen LogP contribution is 2.17. The fraction of sp³-hybridized carbons (Fsp3) is 0.143. The van der Waals surface area contributed by atoms with Crippen LogP contribution < -0.4 is 10.0 Å². The Kier molecular flexibility index (Phi) is 4.64. The van der Waals surface area contributed by atoms with Crippen LogP contribution in [0.25, 0.3) is 0 Å². The first-order valence-corrected chi connectivity index (χ1v) is 6.37. The summed E-state index contributed by atoms with van der Waals surface area (Å²) in [5.74, 6) is -0.494. The number of aliphatic hydroxyl groups is 1. The van der Waals surface area contributed by atoms with E-state index in [1.807, 2.05) is 0 Å².